The SMILES string of the molecule is CCCn1cccc1CNCCc1ccc(Cl)cc1. The van der Waals surface area contributed by atoms with Gasteiger partial charge in [0, 0.05) is 30.0 Å². The Morgan fingerprint density at radius 3 is 2.68 bits per heavy atom. The number of benzene rings is 1. The molecule has 0 aliphatic carbocycles. The summed E-state index contributed by atoms with van der Waals surface area (Å²) >= 11 is 5.87. The molecule has 0 radical (unpaired) electrons. The van der Waals surface area contributed by atoms with Gasteiger partial charge in [0.1, 0.15) is 0 Å². The molecule has 0 spiro atoms. The summed E-state index contributed by atoms with van der Waals surface area (Å²) in [6, 6.07) is 12.4. The Labute approximate surface area is 120 Å². The molecule has 19 heavy (non-hydrogen) atoms. The summed E-state index contributed by atoms with van der Waals surface area (Å²) in [6.45, 7) is 5.22. The number of nitrogens with zero attached hydrogens (tertiary/aromatic N) is 1. The highest BCUT2D eigenvalue weighted by Gasteiger charge is 1.99. The molecule has 0 bridgehead atoms. The van der Waals surface area contributed by atoms with Gasteiger partial charge in [-0.25, -0.2) is 0 Å². The van der Waals surface area contributed by atoms with E-state index < -0.39 is 0 Å². The number of aromatic nitrogens is 1. The molecule has 0 saturated carbocycles. The largest absolute Gasteiger partial charge is 0.350 e. The third-order valence-corrected chi connectivity index (χ3v) is 3.45. The van der Waals surface area contributed by atoms with Crippen LogP contribution in [0.2, 0.25) is 5.02 Å². The molecule has 1 aromatic carbocycles. The Balaban J connectivity index is 1.74. The van der Waals surface area contributed by atoms with E-state index in [4.69, 9.17) is 11.6 Å². The maximum Gasteiger partial charge on any atom is 0.0406 e. The second kappa shape index (κ2) is 7.37. The van der Waals surface area contributed by atoms with Gasteiger partial charge in [0.2, 0.25) is 0 Å². The molecule has 2 rings (SSSR count). The van der Waals surface area contributed by atoms with Crippen LogP contribution in [0.5, 0.6) is 0 Å². The quantitative estimate of drug-likeness (QED) is 0.760. The Bertz CT molecular complexity index is 488. The van der Waals surface area contributed by atoms with Crippen molar-refractivity contribution < 1.29 is 0 Å². The summed E-state index contributed by atoms with van der Waals surface area (Å²) in [5.41, 5.74) is 2.68. The minimum absolute atomic E-state index is 0.800. The third-order valence-electron chi connectivity index (χ3n) is 3.20. The van der Waals surface area contributed by atoms with Crippen molar-refractivity contribution in [2.24, 2.45) is 0 Å². The molecule has 3 heteroatoms. The Morgan fingerprint density at radius 1 is 1.16 bits per heavy atom. The van der Waals surface area contributed by atoms with E-state index in [0.29, 0.717) is 0 Å². The van der Waals surface area contributed by atoms with E-state index in [1.54, 1.807) is 0 Å². The normalized spacial score (nSPS) is 10.8. The summed E-state index contributed by atoms with van der Waals surface area (Å²) in [5, 5.41) is 4.30. The van der Waals surface area contributed by atoms with Gasteiger partial charge in [-0.1, -0.05) is 30.7 Å². The number of rotatable bonds is 7. The van der Waals surface area contributed by atoms with Crippen molar-refractivity contribution in [3.8, 4) is 0 Å². The van der Waals surface area contributed by atoms with Gasteiger partial charge >= 0.3 is 0 Å². The molecule has 0 aliphatic rings. The third kappa shape index (κ3) is 4.41. The lowest BCUT2D eigenvalue weighted by Crippen LogP contribution is -2.18. The van der Waals surface area contributed by atoms with Crippen molar-refractivity contribution in [1.82, 2.24) is 9.88 Å². The lowest BCUT2D eigenvalue weighted by molar-refractivity contribution is 0.602. The van der Waals surface area contributed by atoms with E-state index in [0.717, 1.165) is 31.1 Å². The van der Waals surface area contributed by atoms with Crippen molar-refractivity contribution in [2.45, 2.75) is 32.9 Å². The summed E-state index contributed by atoms with van der Waals surface area (Å²) in [6.07, 6.45) is 4.36. The summed E-state index contributed by atoms with van der Waals surface area (Å²) in [4.78, 5) is 0. The average molecular weight is 277 g/mol. The topological polar surface area (TPSA) is 17.0 Å². The fourth-order valence-corrected chi connectivity index (χ4v) is 2.30. The summed E-state index contributed by atoms with van der Waals surface area (Å²) in [7, 11) is 0. The molecular formula is C16H21ClN2. The minimum Gasteiger partial charge on any atom is -0.350 e. The predicted molar refractivity (Wildman–Crippen MR) is 81.6 cm³/mol. The van der Waals surface area contributed by atoms with Crippen LogP contribution in [0.3, 0.4) is 0 Å². The standard InChI is InChI=1S/C16H21ClN2/c1-2-11-19-12-3-4-16(19)13-18-10-9-14-5-7-15(17)8-6-14/h3-8,12,18H,2,9-11,13H2,1H3. The van der Waals surface area contributed by atoms with Gasteiger partial charge in [-0.15, -0.1) is 0 Å². The van der Waals surface area contributed by atoms with Crippen LogP contribution in [0.25, 0.3) is 0 Å². The fourth-order valence-electron chi connectivity index (χ4n) is 2.17. The first-order valence-corrected chi connectivity index (χ1v) is 7.26. The lowest BCUT2D eigenvalue weighted by Gasteiger charge is -2.09. The van der Waals surface area contributed by atoms with Crippen molar-refractivity contribution in [3.63, 3.8) is 0 Å². The van der Waals surface area contributed by atoms with Crippen molar-refractivity contribution in [3.05, 3.63) is 58.9 Å². The number of aryl methyl sites for hydroxylation is 1. The Morgan fingerprint density at radius 2 is 1.95 bits per heavy atom. The first kappa shape index (κ1) is 14.2. The number of halogens is 1. The van der Waals surface area contributed by atoms with Crippen molar-refractivity contribution >= 4 is 11.6 Å². The molecule has 1 heterocycles. The molecule has 1 aromatic heterocycles. The zero-order chi connectivity index (χ0) is 13.5. The van der Waals surface area contributed by atoms with Crippen LogP contribution in [-0.4, -0.2) is 11.1 Å². The number of nitrogens with one attached hydrogen (secondary N) is 1. The zero-order valence-electron chi connectivity index (χ0n) is 11.4. The highest BCUT2D eigenvalue weighted by atomic mass is 35.5. The van der Waals surface area contributed by atoms with Gasteiger partial charge in [-0.05, 0) is 49.2 Å². The maximum absolute atomic E-state index is 5.87. The van der Waals surface area contributed by atoms with E-state index in [2.05, 4.69) is 47.3 Å². The van der Waals surface area contributed by atoms with Crippen molar-refractivity contribution in [2.75, 3.05) is 6.54 Å². The van der Waals surface area contributed by atoms with Crippen molar-refractivity contribution in [1.29, 1.82) is 0 Å². The first-order valence-electron chi connectivity index (χ1n) is 6.89. The van der Waals surface area contributed by atoms with Gasteiger partial charge in [-0.3, -0.25) is 0 Å². The van der Waals surface area contributed by atoms with E-state index >= 15 is 0 Å². The first-order chi connectivity index (χ1) is 9.29. The van der Waals surface area contributed by atoms with E-state index in [9.17, 15) is 0 Å². The van der Waals surface area contributed by atoms with Gasteiger partial charge < -0.3 is 9.88 Å². The van der Waals surface area contributed by atoms with Crippen LogP contribution in [-0.2, 0) is 19.5 Å². The van der Waals surface area contributed by atoms with Gasteiger partial charge in [0.05, 0.1) is 0 Å². The lowest BCUT2D eigenvalue weighted by atomic mass is 10.1. The monoisotopic (exact) mass is 276 g/mol. The molecule has 0 unspecified atom stereocenters. The molecule has 0 aliphatic heterocycles. The van der Waals surface area contributed by atoms with Crippen LogP contribution in [0.1, 0.15) is 24.6 Å². The summed E-state index contributed by atoms with van der Waals surface area (Å²) in [5.74, 6) is 0. The zero-order valence-corrected chi connectivity index (χ0v) is 12.2. The van der Waals surface area contributed by atoms with E-state index in [-0.39, 0.29) is 0 Å². The second-order valence-corrected chi connectivity index (χ2v) is 5.18. The van der Waals surface area contributed by atoms with E-state index in [1.165, 1.54) is 17.7 Å². The molecule has 102 valence electrons. The average Bonchev–Trinajstić information content (AvgIpc) is 2.85. The summed E-state index contributed by atoms with van der Waals surface area (Å²) < 4.78 is 2.31. The number of hydrogen-bond donors (Lipinski definition) is 1. The molecule has 0 saturated heterocycles. The molecule has 1 N–H and O–H groups in total. The molecule has 2 nitrogen and oxygen atoms in total. The number of hydrogen-bond acceptors (Lipinski definition) is 1. The van der Waals surface area contributed by atoms with Crippen LogP contribution in [0.15, 0.2) is 42.6 Å². The molecular weight excluding hydrogens is 256 g/mol. The Kier molecular flexibility index (Phi) is 5.49. The minimum atomic E-state index is 0.800. The fraction of sp³-hybridized carbons (Fsp3) is 0.375. The smallest absolute Gasteiger partial charge is 0.0406 e. The maximum atomic E-state index is 5.87. The van der Waals surface area contributed by atoms with Gasteiger partial charge in [0.25, 0.3) is 0 Å². The van der Waals surface area contributed by atoms with Gasteiger partial charge in [-0.2, -0.15) is 0 Å². The molecule has 0 atom stereocenters. The highest BCUT2D eigenvalue weighted by molar-refractivity contribution is 6.30. The molecule has 0 fully saturated rings. The van der Waals surface area contributed by atoms with Gasteiger partial charge in [0.15, 0.2) is 0 Å². The predicted octanol–water partition coefficient (Wildman–Crippen LogP) is 3.88. The van der Waals surface area contributed by atoms with E-state index in [1.807, 2.05) is 12.1 Å². The van der Waals surface area contributed by atoms with Crippen LogP contribution >= 0.6 is 11.6 Å². The van der Waals surface area contributed by atoms with Crippen LogP contribution < -0.4 is 5.32 Å². The molecule has 2 aromatic rings. The Hall–Kier alpha value is -1.25. The van der Waals surface area contributed by atoms with Crippen LogP contribution in [0.4, 0.5) is 0 Å². The highest BCUT2D eigenvalue weighted by Crippen LogP contribution is 2.09. The second-order valence-electron chi connectivity index (χ2n) is 4.75. The van der Waals surface area contributed by atoms with Crippen LogP contribution in [0, 0.1) is 0 Å². The molecule has 0 amide bonds.